The van der Waals surface area contributed by atoms with Crippen molar-refractivity contribution in [3.63, 3.8) is 0 Å². The third kappa shape index (κ3) is 3.76. The average molecular weight is 336 g/mol. The number of nitrogens with one attached hydrogen (secondary N) is 1. The molecule has 0 saturated carbocycles. The minimum Gasteiger partial charge on any atom is -0.310 e. The molecule has 1 aliphatic rings. The van der Waals surface area contributed by atoms with Gasteiger partial charge in [0.25, 0.3) is 0 Å². The van der Waals surface area contributed by atoms with Crippen LogP contribution in [0.1, 0.15) is 18.4 Å². The van der Waals surface area contributed by atoms with Gasteiger partial charge in [-0.2, -0.15) is 0 Å². The summed E-state index contributed by atoms with van der Waals surface area (Å²) in [7, 11) is -2.83. The Labute approximate surface area is 115 Å². The molecule has 0 unspecified atom stereocenters. The predicted molar refractivity (Wildman–Crippen MR) is 72.6 cm³/mol. The largest absolute Gasteiger partial charge is 0.310 e. The van der Waals surface area contributed by atoms with Gasteiger partial charge in [0.2, 0.25) is 0 Å². The van der Waals surface area contributed by atoms with E-state index in [9.17, 15) is 12.8 Å². The van der Waals surface area contributed by atoms with E-state index in [1.54, 1.807) is 12.1 Å². The minimum atomic E-state index is -2.83. The van der Waals surface area contributed by atoms with E-state index in [4.69, 9.17) is 0 Å². The molecule has 1 aromatic rings. The highest BCUT2D eigenvalue weighted by Crippen LogP contribution is 2.17. The van der Waals surface area contributed by atoms with Crippen LogP contribution >= 0.6 is 15.9 Å². The summed E-state index contributed by atoms with van der Waals surface area (Å²) in [5, 5.41) is 3.22. The van der Waals surface area contributed by atoms with E-state index < -0.39 is 9.84 Å². The Morgan fingerprint density at radius 1 is 1.33 bits per heavy atom. The molecule has 1 saturated heterocycles. The number of halogens is 2. The second-order valence-corrected chi connectivity index (χ2v) is 7.76. The first kappa shape index (κ1) is 14.0. The first-order valence-corrected chi connectivity index (χ1v) is 8.45. The van der Waals surface area contributed by atoms with Crippen LogP contribution in [0, 0.1) is 5.82 Å². The molecule has 1 aliphatic heterocycles. The van der Waals surface area contributed by atoms with Gasteiger partial charge in [-0.05, 0) is 25.0 Å². The zero-order valence-corrected chi connectivity index (χ0v) is 12.2. The Morgan fingerprint density at radius 2 is 2.00 bits per heavy atom. The van der Waals surface area contributed by atoms with Crippen molar-refractivity contribution in [3.05, 3.63) is 34.1 Å². The fourth-order valence-electron chi connectivity index (χ4n) is 2.01. The maximum atomic E-state index is 13.6. The summed E-state index contributed by atoms with van der Waals surface area (Å²) in [4.78, 5) is 0. The third-order valence-electron chi connectivity index (χ3n) is 3.15. The van der Waals surface area contributed by atoms with Crippen molar-refractivity contribution < 1.29 is 12.8 Å². The fraction of sp³-hybridized carbons (Fsp3) is 0.500. The summed E-state index contributed by atoms with van der Waals surface area (Å²) in [6.45, 7) is 0.434. The van der Waals surface area contributed by atoms with Crippen molar-refractivity contribution in [1.82, 2.24) is 5.32 Å². The van der Waals surface area contributed by atoms with Crippen molar-refractivity contribution >= 4 is 25.8 Å². The second-order valence-electron chi connectivity index (χ2n) is 4.54. The number of benzene rings is 1. The molecule has 6 heteroatoms. The topological polar surface area (TPSA) is 46.2 Å². The lowest BCUT2D eigenvalue weighted by molar-refractivity contribution is 0.456. The van der Waals surface area contributed by atoms with Gasteiger partial charge in [0.1, 0.15) is 15.7 Å². The van der Waals surface area contributed by atoms with Crippen LogP contribution in [0.4, 0.5) is 4.39 Å². The van der Waals surface area contributed by atoms with Gasteiger partial charge in [-0.1, -0.05) is 22.0 Å². The van der Waals surface area contributed by atoms with Crippen LogP contribution in [-0.4, -0.2) is 26.0 Å². The van der Waals surface area contributed by atoms with Crippen LogP contribution in [0.5, 0.6) is 0 Å². The summed E-state index contributed by atoms with van der Waals surface area (Å²) >= 11 is 3.21. The molecule has 1 fully saturated rings. The van der Waals surface area contributed by atoms with Crippen LogP contribution in [0.15, 0.2) is 22.7 Å². The zero-order valence-electron chi connectivity index (χ0n) is 9.83. The highest BCUT2D eigenvalue weighted by molar-refractivity contribution is 9.10. The highest BCUT2D eigenvalue weighted by Gasteiger charge is 2.23. The lowest BCUT2D eigenvalue weighted by Crippen LogP contribution is -2.37. The molecule has 3 nitrogen and oxygen atoms in total. The van der Waals surface area contributed by atoms with E-state index in [1.807, 2.05) is 0 Å². The predicted octanol–water partition coefficient (Wildman–Crippen LogP) is 2.25. The van der Waals surface area contributed by atoms with E-state index in [-0.39, 0.29) is 23.4 Å². The Kier molecular flexibility index (Phi) is 4.40. The van der Waals surface area contributed by atoms with Gasteiger partial charge < -0.3 is 5.32 Å². The molecule has 1 N–H and O–H groups in total. The Hall–Kier alpha value is -0.460. The maximum absolute atomic E-state index is 13.6. The number of hydrogen-bond donors (Lipinski definition) is 1. The SMILES string of the molecule is O=S1(=O)CCC(NCc2ccc(Br)cc2F)CC1. The molecule has 0 atom stereocenters. The van der Waals surface area contributed by atoms with Gasteiger partial charge in [-0.25, -0.2) is 12.8 Å². The molecular weight excluding hydrogens is 321 g/mol. The van der Waals surface area contributed by atoms with Crippen LogP contribution in [0.3, 0.4) is 0 Å². The zero-order chi connectivity index (χ0) is 13.2. The van der Waals surface area contributed by atoms with E-state index in [1.165, 1.54) is 6.07 Å². The van der Waals surface area contributed by atoms with Gasteiger partial charge in [0.05, 0.1) is 11.5 Å². The maximum Gasteiger partial charge on any atom is 0.150 e. The minimum absolute atomic E-state index is 0.163. The van der Waals surface area contributed by atoms with Crippen molar-refractivity contribution in [2.45, 2.75) is 25.4 Å². The third-order valence-corrected chi connectivity index (χ3v) is 5.36. The molecule has 1 heterocycles. The molecule has 0 radical (unpaired) electrons. The van der Waals surface area contributed by atoms with Crippen LogP contribution in [0.2, 0.25) is 0 Å². The molecule has 1 aromatic carbocycles. The Bertz CT molecular complexity index is 519. The number of sulfone groups is 1. The molecule has 0 bridgehead atoms. The molecule has 0 aromatic heterocycles. The van der Waals surface area contributed by atoms with Crippen LogP contribution in [-0.2, 0) is 16.4 Å². The monoisotopic (exact) mass is 335 g/mol. The van der Waals surface area contributed by atoms with Crippen LogP contribution in [0.25, 0.3) is 0 Å². The summed E-state index contributed by atoms with van der Waals surface area (Å²) in [5.41, 5.74) is 0.603. The summed E-state index contributed by atoms with van der Waals surface area (Å²) in [6, 6.07) is 5.12. The molecule has 0 amide bonds. The summed E-state index contributed by atoms with van der Waals surface area (Å²) in [5.74, 6) is 0.210. The Morgan fingerprint density at radius 3 is 2.61 bits per heavy atom. The van der Waals surface area contributed by atoms with E-state index in [0.29, 0.717) is 29.4 Å². The van der Waals surface area contributed by atoms with E-state index in [2.05, 4.69) is 21.2 Å². The second kappa shape index (κ2) is 5.67. The molecule has 2 rings (SSSR count). The van der Waals surface area contributed by atoms with Crippen LogP contribution < -0.4 is 5.32 Å². The van der Waals surface area contributed by atoms with Gasteiger partial charge in [0.15, 0.2) is 0 Å². The number of hydrogen-bond acceptors (Lipinski definition) is 3. The van der Waals surface area contributed by atoms with Crippen molar-refractivity contribution in [3.8, 4) is 0 Å². The fourth-order valence-corrected chi connectivity index (χ4v) is 3.84. The van der Waals surface area contributed by atoms with Gasteiger partial charge >= 0.3 is 0 Å². The highest BCUT2D eigenvalue weighted by atomic mass is 79.9. The smallest absolute Gasteiger partial charge is 0.150 e. The molecular formula is C12H15BrFNO2S. The van der Waals surface area contributed by atoms with E-state index in [0.717, 1.165) is 0 Å². The lowest BCUT2D eigenvalue weighted by atomic mass is 10.1. The van der Waals surface area contributed by atoms with Gasteiger partial charge in [0, 0.05) is 22.6 Å². The summed E-state index contributed by atoms with van der Waals surface area (Å²) in [6.07, 6.45) is 1.22. The first-order chi connectivity index (χ1) is 8.46. The quantitative estimate of drug-likeness (QED) is 0.921. The Balaban J connectivity index is 1.89. The molecule has 0 spiro atoms. The van der Waals surface area contributed by atoms with Gasteiger partial charge in [-0.15, -0.1) is 0 Å². The number of rotatable bonds is 3. The standard InChI is InChI=1S/C12H15BrFNO2S/c13-10-2-1-9(12(14)7-10)8-15-11-3-5-18(16,17)6-4-11/h1-2,7,11,15H,3-6,8H2. The molecule has 100 valence electrons. The molecule has 0 aliphatic carbocycles. The summed E-state index contributed by atoms with van der Waals surface area (Å²) < 4.78 is 36.8. The average Bonchev–Trinajstić information content (AvgIpc) is 2.29. The van der Waals surface area contributed by atoms with Crippen molar-refractivity contribution in [1.29, 1.82) is 0 Å². The first-order valence-electron chi connectivity index (χ1n) is 5.84. The lowest BCUT2D eigenvalue weighted by Gasteiger charge is -2.23. The van der Waals surface area contributed by atoms with Crippen molar-refractivity contribution in [2.75, 3.05) is 11.5 Å². The van der Waals surface area contributed by atoms with Crippen molar-refractivity contribution in [2.24, 2.45) is 0 Å². The van der Waals surface area contributed by atoms with E-state index >= 15 is 0 Å². The molecule has 18 heavy (non-hydrogen) atoms. The van der Waals surface area contributed by atoms with Gasteiger partial charge in [-0.3, -0.25) is 0 Å². The normalized spacial score (nSPS) is 19.9.